The van der Waals surface area contributed by atoms with E-state index in [4.69, 9.17) is 0 Å². The van der Waals surface area contributed by atoms with Crippen LogP contribution in [0.4, 0.5) is 4.79 Å². The summed E-state index contributed by atoms with van der Waals surface area (Å²) in [5, 5.41) is 7.27. The second-order valence-electron chi connectivity index (χ2n) is 7.44. The fraction of sp³-hybridized carbons (Fsp3) is 0.632. The molecule has 8 heteroatoms. The summed E-state index contributed by atoms with van der Waals surface area (Å²) in [6.07, 6.45) is 4.43. The Morgan fingerprint density at radius 1 is 1.15 bits per heavy atom. The summed E-state index contributed by atoms with van der Waals surface area (Å²) >= 11 is 1.44. The van der Waals surface area contributed by atoms with Crippen LogP contribution >= 0.6 is 11.3 Å². The summed E-state index contributed by atoms with van der Waals surface area (Å²) in [4.78, 5) is 41.1. The molecular weight excluding hydrogens is 364 g/mol. The molecular formula is C19H28N4O3S. The minimum Gasteiger partial charge on any atom is -0.335 e. The molecule has 2 N–H and O–H groups in total. The molecule has 2 unspecified atom stereocenters. The number of nitrogens with zero attached hydrogens (tertiary/aromatic N) is 2. The molecule has 2 heterocycles. The van der Waals surface area contributed by atoms with E-state index in [0.29, 0.717) is 32.1 Å². The van der Waals surface area contributed by atoms with Crippen LogP contribution in [0.5, 0.6) is 0 Å². The molecule has 27 heavy (non-hydrogen) atoms. The summed E-state index contributed by atoms with van der Waals surface area (Å²) in [5.74, 6) is 0.206. The van der Waals surface area contributed by atoms with Gasteiger partial charge in [0.2, 0.25) is 5.91 Å². The number of urea groups is 1. The maximum absolute atomic E-state index is 12.3. The van der Waals surface area contributed by atoms with Crippen molar-refractivity contribution in [3.8, 4) is 0 Å². The maximum Gasteiger partial charge on any atom is 0.321 e. The molecule has 2 atom stereocenters. The fourth-order valence-electron chi connectivity index (χ4n) is 3.77. The average Bonchev–Trinajstić information content (AvgIpc) is 3.18. The molecule has 7 nitrogen and oxygen atoms in total. The maximum atomic E-state index is 12.3. The van der Waals surface area contributed by atoms with Crippen LogP contribution in [0.1, 0.15) is 42.3 Å². The molecule has 1 saturated heterocycles. The Hall–Kier alpha value is -1.93. The highest BCUT2D eigenvalue weighted by Crippen LogP contribution is 2.23. The molecule has 1 saturated carbocycles. The first kappa shape index (κ1) is 19.8. The molecule has 148 valence electrons. The van der Waals surface area contributed by atoms with Gasteiger partial charge >= 0.3 is 6.03 Å². The highest BCUT2D eigenvalue weighted by atomic mass is 32.1. The highest BCUT2D eigenvalue weighted by molar-refractivity contribution is 7.12. The lowest BCUT2D eigenvalue weighted by Gasteiger charge is -2.34. The quantitative estimate of drug-likeness (QED) is 0.820. The Morgan fingerprint density at radius 3 is 2.56 bits per heavy atom. The van der Waals surface area contributed by atoms with Gasteiger partial charge in [-0.3, -0.25) is 19.8 Å². The average molecular weight is 393 g/mol. The number of amides is 4. The molecule has 3 rings (SSSR count). The lowest BCUT2D eigenvalue weighted by molar-refractivity contribution is -0.121. The van der Waals surface area contributed by atoms with Gasteiger partial charge in [0, 0.05) is 32.2 Å². The molecule has 1 aliphatic heterocycles. The van der Waals surface area contributed by atoms with Crippen molar-refractivity contribution in [3.05, 3.63) is 22.4 Å². The van der Waals surface area contributed by atoms with E-state index in [2.05, 4.69) is 17.6 Å². The number of imide groups is 1. The predicted octanol–water partition coefficient (Wildman–Crippen LogP) is 1.91. The van der Waals surface area contributed by atoms with Gasteiger partial charge in [0.15, 0.2) is 0 Å². The summed E-state index contributed by atoms with van der Waals surface area (Å²) < 4.78 is 0. The summed E-state index contributed by atoms with van der Waals surface area (Å²) in [5.41, 5.74) is 0. The van der Waals surface area contributed by atoms with Crippen molar-refractivity contribution in [1.82, 2.24) is 20.4 Å². The van der Waals surface area contributed by atoms with Crippen LogP contribution in [0.25, 0.3) is 0 Å². The minimum atomic E-state index is -0.398. The fourth-order valence-corrected chi connectivity index (χ4v) is 4.46. The van der Waals surface area contributed by atoms with E-state index in [1.807, 2.05) is 27.3 Å². The predicted molar refractivity (Wildman–Crippen MR) is 105 cm³/mol. The minimum absolute atomic E-state index is 0.0510. The number of nitrogens with one attached hydrogen (secondary N) is 2. The molecule has 0 spiro atoms. The van der Waals surface area contributed by atoms with Crippen LogP contribution in [-0.2, 0) is 4.79 Å². The Balaban J connectivity index is 1.37. The van der Waals surface area contributed by atoms with E-state index in [1.165, 1.54) is 17.8 Å². The lowest BCUT2D eigenvalue weighted by Crippen LogP contribution is -2.53. The number of hydrogen-bond acceptors (Lipinski definition) is 5. The van der Waals surface area contributed by atoms with Crippen molar-refractivity contribution < 1.29 is 14.4 Å². The zero-order valence-electron chi connectivity index (χ0n) is 15.8. The smallest absolute Gasteiger partial charge is 0.321 e. The van der Waals surface area contributed by atoms with Gasteiger partial charge in [-0.15, -0.1) is 11.3 Å². The SMILES string of the molecule is CC1CCCCC1NC(=O)NC(=O)CN1CCN(C(=O)c2cccs2)CC1. The van der Waals surface area contributed by atoms with Crippen LogP contribution in [0.2, 0.25) is 0 Å². The van der Waals surface area contributed by atoms with Crippen molar-refractivity contribution in [1.29, 1.82) is 0 Å². The molecule has 0 aromatic carbocycles. The molecule has 1 aromatic heterocycles. The molecule has 0 bridgehead atoms. The van der Waals surface area contributed by atoms with Crippen molar-refractivity contribution in [2.24, 2.45) is 5.92 Å². The van der Waals surface area contributed by atoms with E-state index in [1.54, 1.807) is 0 Å². The van der Waals surface area contributed by atoms with Gasteiger partial charge < -0.3 is 10.2 Å². The molecule has 0 radical (unpaired) electrons. The number of piperazine rings is 1. The summed E-state index contributed by atoms with van der Waals surface area (Å²) in [6, 6.07) is 3.46. The highest BCUT2D eigenvalue weighted by Gasteiger charge is 2.26. The van der Waals surface area contributed by atoms with E-state index in [9.17, 15) is 14.4 Å². The Kier molecular flexibility index (Phi) is 6.84. The molecule has 2 aliphatic rings. The van der Waals surface area contributed by atoms with Gasteiger partial charge in [0.05, 0.1) is 11.4 Å². The molecule has 2 fully saturated rings. The van der Waals surface area contributed by atoms with E-state index < -0.39 is 6.03 Å². The molecule has 4 amide bonds. The van der Waals surface area contributed by atoms with Gasteiger partial charge in [-0.05, 0) is 30.2 Å². The molecule has 1 aliphatic carbocycles. The van der Waals surface area contributed by atoms with Crippen LogP contribution in [0, 0.1) is 5.92 Å². The lowest BCUT2D eigenvalue weighted by atomic mass is 9.86. The number of thiophene rings is 1. The number of carbonyl (C=O) groups is 3. The van der Waals surface area contributed by atoms with E-state index in [-0.39, 0.29) is 24.4 Å². The van der Waals surface area contributed by atoms with Crippen molar-refractivity contribution in [3.63, 3.8) is 0 Å². The van der Waals surface area contributed by atoms with Gasteiger partial charge in [-0.2, -0.15) is 0 Å². The third-order valence-corrected chi connectivity index (χ3v) is 6.30. The summed E-state index contributed by atoms with van der Waals surface area (Å²) in [7, 11) is 0. The van der Waals surface area contributed by atoms with Gasteiger partial charge in [-0.1, -0.05) is 25.8 Å². The Morgan fingerprint density at radius 2 is 1.89 bits per heavy atom. The second kappa shape index (κ2) is 9.32. The Labute approximate surface area is 164 Å². The largest absolute Gasteiger partial charge is 0.335 e. The topological polar surface area (TPSA) is 81.8 Å². The first-order chi connectivity index (χ1) is 13.0. The van der Waals surface area contributed by atoms with Gasteiger partial charge in [0.1, 0.15) is 0 Å². The van der Waals surface area contributed by atoms with Crippen LogP contribution in [-0.4, -0.2) is 66.4 Å². The van der Waals surface area contributed by atoms with E-state index in [0.717, 1.165) is 24.1 Å². The zero-order chi connectivity index (χ0) is 19.2. The zero-order valence-corrected chi connectivity index (χ0v) is 16.6. The van der Waals surface area contributed by atoms with Crippen molar-refractivity contribution in [2.45, 2.75) is 38.6 Å². The third-order valence-electron chi connectivity index (χ3n) is 5.44. The normalized spacial score (nSPS) is 23.7. The van der Waals surface area contributed by atoms with Gasteiger partial charge in [-0.25, -0.2) is 4.79 Å². The Bertz CT molecular complexity index is 656. The monoisotopic (exact) mass is 392 g/mol. The first-order valence-corrected chi connectivity index (χ1v) is 10.6. The second-order valence-corrected chi connectivity index (χ2v) is 8.38. The number of carbonyl (C=O) groups excluding carboxylic acids is 3. The molecule has 1 aromatic rings. The summed E-state index contributed by atoms with van der Waals surface area (Å²) in [6.45, 7) is 4.76. The standard InChI is InChI=1S/C19H28N4O3S/c1-14-5-2-3-6-15(14)20-19(26)21-17(24)13-22-8-10-23(11-9-22)18(25)16-7-4-12-27-16/h4,7,12,14-15H,2-3,5-6,8-11,13H2,1H3,(H2,20,21,24,26). The van der Waals surface area contributed by atoms with Crippen LogP contribution < -0.4 is 10.6 Å². The first-order valence-electron chi connectivity index (χ1n) is 9.68. The van der Waals surface area contributed by atoms with Crippen LogP contribution in [0.3, 0.4) is 0 Å². The van der Waals surface area contributed by atoms with Crippen molar-refractivity contribution in [2.75, 3.05) is 32.7 Å². The third kappa shape index (κ3) is 5.52. The van der Waals surface area contributed by atoms with Crippen LogP contribution in [0.15, 0.2) is 17.5 Å². The van der Waals surface area contributed by atoms with Crippen molar-refractivity contribution >= 4 is 29.2 Å². The van der Waals surface area contributed by atoms with Gasteiger partial charge in [0.25, 0.3) is 5.91 Å². The number of rotatable bonds is 4. The number of hydrogen-bond donors (Lipinski definition) is 2. The van der Waals surface area contributed by atoms with E-state index >= 15 is 0 Å².